The molecule has 0 N–H and O–H groups in total. The van der Waals surface area contributed by atoms with Crippen molar-refractivity contribution in [3.05, 3.63) is 0 Å². The second-order valence-electron chi connectivity index (χ2n) is 5.50. The summed E-state index contributed by atoms with van der Waals surface area (Å²) in [5, 5.41) is 0. The second kappa shape index (κ2) is 5.02. The molecule has 80 valence electrons. The zero-order valence-electron chi connectivity index (χ0n) is 9.73. The van der Waals surface area contributed by atoms with Crippen LogP contribution >= 0.6 is 22.6 Å². The zero-order chi connectivity index (χ0) is 10.8. The average Bonchev–Trinajstić information content (AvgIpc) is 2.41. The van der Waals surface area contributed by atoms with Gasteiger partial charge in [-0.05, 0) is 24.7 Å². The first-order valence-corrected chi connectivity index (χ1v) is 10.6. The molecule has 0 nitrogen and oxygen atoms in total. The molecule has 0 unspecified atom stereocenters. The summed E-state index contributed by atoms with van der Waals surface area (Å²) in [7, 11) is -1.15. The maximum atomic E-state index is 3.56. The predicted octanol–water partition coefficient (Wildman–Crippen LogP) is 3.96. The van der Waals surface area contributed by atoms with E-state index in [0.29, 0.717) is 5.92 Å². The Morgan fingerprint density at radius 2 is 1.93 bits per heavy atom. The summed E-state index contributed by atoms with van der Waals surface area (Å²) in [5.41, 5.74) is 3.53. The van der Waals surface area contributed by atoms with Crippen LogP contribution in [0.1, 0.15) is 19.8 Å². The molecular formula is C12H21ISi. The molecule has 0 amide bonds. The number of hydrogen-bond acceptors (Lipinski definition) is 0. The minimum Gasteiger partial charge on any atom is -0.132 e. The van der Waals surface area contributed by atoms with E-state index in [1.54, 1.807) is 0 Å². The van der Waals surface area contributed by atoms with Gasteiger partial charge in [-0.3, -0.25) is 0 Å². The van der Waals surface area contributed by atoms with Crippen molar-refractivity contribution >= 4 is 30.7 Å². The fraction of sp³-hybridized carbons (Fsp3) is 0.833. The number of rotatable bonds is 1. The van der Waals surface area contributed by atoms with Gasteiger partial charge in [0.1, 0.15) is 8.07 Å². The van der Waals surface area contributed by atoms with E-state index in [2.05, 4.69) is 60.6 Å². The van der Waals surface area contributed by atoms with Crippen LogP contribution in [-0.4, -0.2) is 12.5 Å². The van der Waals surface area contributed by atoms with E-state index >= 15 is 0 Å². The van der Waals surface area contributed by atoms with Crippen molar-refractivity contribution < 1.29 is 0 Å². The highest BCUT2D eigenvalue weighted by Gasteiger charge is 2.31. The largest absolute Gasteiger partial charge is 0.132 e. The van der Waals surface area contributed by atoms with Crippen LogP contribution in [0.5, 0.6) is 0 Å². The van der Waals surface area contributed by atoms with Gasteiger partial charge in [-0.25, -0.2) is 0 Å². The highest BCUT2D eigenvalue weighted by atomic mass is 127. The molecule has 14 heavy (non-hydrogen) atoms. The Kier molecular flexibility index (Phi) is 4.51. The van der Waals surface area contributed by atoms with Gasteiger partial charge in [-0.1, -0.05) is 49.2 Å². The molecule has 0 aromatic carbocycles. The summed E-state index contributed by atoms with van der Waals surface area (Å²) in [6, 6.07) is 0. The van der Waals surface area contributed by atoms with Crippen LogP contribution in [0.15, 0.2) is 0 Å². The Morgan fingerprint density at radius 3 is 2.43 bits per heavy atom. The van der Waals surface area contributed by atoms with E-state index in [1.165, 1.54) is 17.3 Å². The van der Waals surface area contributed by atoms with Gasteiger partial charge in [-0.15, -0.1) is 11.5 Å². The number of hydrogen-bond donors (Lipinski definition) is 0. The van der Waals surface area contributed by atoms with Crippen molar-refractivity contribution in [1.29, 1.82) is 0 Å². The topological polar surface area (TPSA) is 0 Å². The van der Waals surface area contributed by atoms with Crippen LogP contribution in [0.25, 0.3) is 0 Å². The van der Waals surface area contributed by atoms with Gasteiger partial charge in [0.2, 0.25) is 0 Å². The monoisotopic (exact) mass is 320 g/mol. The molecule has 3 atom stereocenters. The molecule has 1 fully saturated rings. The van der Waals surface area contributed by atoms with Gasteiger partial charge in [0.25, 0.3) is 0 Å². The predicted molar refractivity (Wildman–Crippen MR) is 75.4 cm³/mol. The summed E-state index contributed by atoms with van der Waals surface area (Å²) in [6.07, 6.45) is 2.73. The van der Waals surface area contributed by atoms with E-state index in [-0.39, 0.29) is 0 Å². The minimum absolute atomic E-state index is 0.702. The van der Waals surface area contributed by atoms with Crippen molar-refractivity contribution in [3.8, 4) is 11.5 Å². The zero-order valence-corrected chi connectivity index (χ0v) is 12.9. The number of alkyl halides is 1. The van der Waals surface area contributed by atoms with Gasteiger partial charge in [-0.2, -0.15) is 0 Å². The molecule has 0 saturated heterocycles. The second-order valence-corrected chi connectivity index (χ2v) is 11.1. The van der Waals surface area contributed by atoms with Crippen molar-refractivity contribution in [2.24, 2.45) is 17.8 Å². The minimum atomic E-state index is -1.15. The molecule has 0 radical (unpaired) electrons. The lowest BCUT2D eigenvalue weighted by molar-refractivity contribution is 0.427. The van der Waals surface area contributed by atoms with Gasteiger partial charge >= 0.3 is 0 Å². The lowest BCUT2D eigenvalue weighted by Gasteiger charge is -2.16. The van der Waals surface area contributed by atoms with Crippen LogP contribution in [-0.2, 0) is 0 Å². The third-order valence-corrected chi connectivity index (χ3v) is 4.90. The Morgan fingerprint density at radius 1 is 1.29 bits per heavy atom. The highest BCUT2D eigenvalue weighted by molar-refractivity contribution is 14.1. The summed E-state index contributed by atoms with van der Waals surface area (Å²) >= 11 is 2.52. The Bertz CT molecular complexity index is 243. The quantitative estimate of drug-likeness (QED) is 0.297. The first-order chi connectivity index (χ1) is 6.44. The van der Waals surface area contributed by atoms with Crippen molar-refractivity contribution in [1.82, 2.24) is 0 Å². The van der Waals surface area contributed by atoms with E-state index < -0.39 is 8.07 Å². The smallest absolute Gasteiger partial charge is 0.129 e. The van der Waals surface area contributed by atoms with Gasteiger partial charge in [0, 0.05) is 10.3 Å². The summed E-state index contributed by atoms with van der Waals surface area (Å²) < 4.78 is 1.28. The van der Waals surface area contributed by atoms with Gasteiger partial charge in [0.15, 0.2) is 0 Å². The standard InChI is InChI=1S/C12H21ISi/c1-10-5-6-11(12(10)9-13)7-8-14(2,3)4/h10-12H,5-6,9H2,1-4H3/t10-,11+,12+/m1/s1. The Hall–Kier alpha value is 0.507. The molecule has 2 heteroatoms. The molecule has 1 aliphatic carbocycles. The van der Waals surface area contributed by atoms with Crippen molar-refractivity contribution in [2.45, 2.75) is 39.4 Å². The van der Waals surface area contributed by atoms with Crippen molar-refractivity contribution in [3.63, 3.8) is 0 Å². The molecule has 0 aliphatic heterocycles. The Labute approximate surface area is 103 Å². The fourth-order valence-electron chi connectivity index (χ4n) is 2.02. The Balaban J connectivity index is 2.64. The maximum Gasteiger partial charge on any atom is 0.129 e. The van der Waals surface area contributed by atoms with Crippen molar-refractivity contribution in [2.75, 3.05) is 4.43 Å². The molecule has 1 saturated carbocycles. The van der Waals surface area contributed by atoms with Crippen LogP contribution in [0.2, 0.25) is 19.6 Å². The van der Waals surface area contributed by atoms with Crippen LogP contribution in [0, 0.1) is 29.2 Å². The first-order valence-electron chi connectivity index (χ1n) is 5.52. The van der Waals surface area contributed by atoms with Gasteiger partial charge < -0.3 is 0 Å². The SMILES string of the molecule is C[C@@H]1CC[C@@H](C#C[Si](C)(C)C)[C@H]1CI. The fourth-order valence-corrected chi connectivity index (χ4v) is 4.12. The van der Waals surface area contributed by atoms with Crippen LogP contribution in [0.4, 0.5) is 0 Å². The number of halogens is 1. The van der Waals surface area contributed by atoms with E-state index in [9.17, 15) is 0 Å². The molecule has 1 aliphatic rings. The van der Waals surface area contributed by atoms with E-state index in [1.807, 2.05) is 0 Å². The molecule has 0 spiro atoms. The third kappa shape index (κ3) is 3.58. The molecular weight excluding hydrogens is 299 g/mol. The molecule has 0 bridgehead atoms. The average molecular weight is 320 g/mol. The third-order valence-electron chi connectivity index (χ3n) is 2.99. The normalized spacial score (nSPS) is 32.5. The highest BCUT2D eigenvalue weighted by Crippen LogP contribution is 2.37. The molecule has 0 heterocycles. The molecule has 0 aromatic heterocycles. The van der Waals surface area contributed by atoms with Crippen LogP contribution in [0.3, 0.4) is 0 Å². The first kappa shape index (κ1) is 12.6. The van der Waals surface area contributed by atoms with Gasteiger partial charge in [0.05, 0.1) is 0 Å². The van der Waals surface area contributed by atoms with E-state index in [4.69, 9.17) is 0 Å². The molecule has 1 rings (SSSR count). The summed E-state index contributed by atoms with van der Waals surface area (Å²) in [5.74, 6) is 6.02. The summed E-state index contributed by atoms with van der Waals surface area (Å²) in [6.45, 7) is 9.38. The lowest BCUT2D eigenvalue weighted by Crippen LogP contribution is -2.18. The maximum absolute atomic E-state index is 3.56. The molecule has 0 aromatic rings. The van der Waals surface area contributed by atoms with E-state index in [0.717, 1.165) is 11.8 Å². The summed E-state index contributed by atoms with van der Waals surface area (Å²) in [4.78, 5) is 0. The van der Waals surface area contributed by atoms with Crippen LogP contribution < -0.4 is 0 Å². The lowest BCUT2D eigenvalue weighted by atomic mass is 9.93.